The lowest BCUT2D eigenvalue weighted by atomic mass is 10.1. The number of hydrogen-bond acceptors (Lipinski definition) is 4. The van der Waals surface area contributed by atoms with Crippen LogP contribution in [0, 0.1) is 5.82 Å². The smallest absolute Gasteiger partial charge is 0.251 e. The Morgan fingerprint density at radius 3 is 3.19 bits per heavy atom. The maximum Gasteiger partial charge on any atom is 0.251 e. The Morgan fingerprint density at radius 2 is 2.38 bits per heavy atom. The maximum atomic E-state index is 13.1. The molecule has 2 atom stereocenters. The molecule has 0 bridgehead atoms. The molecule has 0 aromatic heterocycles. The van der Waals surface area contributed by atoms with Crippen molar-refractivity contribution in [3.8, 4) is 0 Å². The topological polar surface area (TPSA) is 67.6 Å². The standard InChI is InChI=1S/C15H20FN3O2/c16-13-4-3-10(6-14(13)17)15(20)18-7-12-8-19-5-1-2-11(19)9-21-12/h3-4,6,11-12H,1-2,5,7-9,17H2,(H,18,20). The highest BCUT2D eigenvalue weighted by Crippen LogP contribution is 2.22. The van der Waals surface area contributed by atoms with E-state index >= 15 is 0 Å². The molecule has 6 heteroatoms. The van der Waals surface area contributed by atoms with Crippen LogP contribution in [-0.4, -0.2) is 49.2 Å². The summed E-state index contributed by atoms with van der Waals surface area (Å²) in [5, 5.41) is 2.83. The molecule has 0 radical (unpaired) electrons. The molecule has 21 heavy (non-hydrogen) atoms. The molecule has 3 rings (SSSR count). The van der Waals surface area contributed by atoms with Gasteiger partial charge in [0.25, 0.3) is 5.91 Å². The number of carbonyl (C=O) groups is 1. The van der Waals surface area contributed by atoms with Crippen molar-refractivity contribution in [3.05, 3.63) is 29.6 Å². The van der Waals surface area contributed by atoms with Crippen LogP contribution in [0.2, 0.25) is 0 Å². The van der Waals surface area contributed by atoms with Crippen molar-refractivity contribution in [2.24, 2.45) is 0 Å². The average molecular weight is 293 g/mol. The van der Waals surface area contributed by atoms with Gasteiger partial charge in [0, 0.05) is 24.7 Å². The summed E-state index contributed by atoms with van der Waals surface area (Å²) in [4.78, 5) is 14.4. The highest BCUT2D eigenvalue weighted by Gasteiger charge is 2.32. The van der Waals surface area contributed by atoms with Crippen LogP contribution in [0.1, 0.15) is 23.2 Å². The van der Waals surface area contributed by atoms with Crippen LogP contribution in [0.4, 0.5) is 10.1 Å². The first-order chi connectivity index (χ1) is 10.1. The van der Waals surface area contributed by atoms with Gasteiger partial charge in [-0.15, -0.1) is 0 Å². The van der Waals surface area contributed by atoms with Gasteiger partial charge >= 0.3 is 0 Å². The van der Waals surface area contributed by atoms with Gasteiger partial charge in [0.2, 0.25) is 0 Å². The summed E-state index contributed by atoms with van der Waals surface area (Å²) in [6, 6.07) is 4.53. The summed E-state index contributed by atoms with van der Waals surface area (Å²) < 4.78 is 18.9. The Balaban J connectivity index is 1.52. The molecular formula is C15H20FN3O2. The van der Waals surface area contributed by atoms with E-state index in [4.69, 9.17) is 10.5 Å². The van der Waals surface area contributed by atoms with Gasteiger partial charge in [-0.1, -0.05) is 0 Å². The lowest BCUT2D eigenvalue weighted by molar-refractivity contribution is -0.0461. The van der Waals surface area contributed by atoms with Crippen molar-refractivity contribution < 1.29 is 13.9 Å². The molecule has 1 amide bonds. The van der Waals surface area contributed by atoms with E-state index in [1.807, 2.05) is 0 Å². The SMILES string of the molecule is Nc1cc(C(=O)NCC2CN3CCCC3CO2)ccc1F. The van der Waals surface area contributed by atoms with Gasteiger partial charge in [-0.25, -0.2) is 4.39 Å². The fraction of sp³-hybridized carbons (Fsp3) is 0.533. The summed E-state index contributed by atoms with van der Waals surface area (Å²) in [6.07, 6.45) is 2.44. The number of rotatable bonds is 3. The molecule has 0 saturated carbocycles. The molecule has 2 aliphatic rings. The van der Waals surface area contributed by atoms with Crippen LogP contribution in [-0.2, 0) is 4.74 Å². The number of nitrogens with one attached hydrogen (secondary N) is 1. The fourth-order valence-corrected chi connectivity index (χ4v) is 3.00. The number of benzene rings is 1. The number of anilines is 1. The predicted octanol–water partition coefficient (Wildman–Crippen LogP) is 1.00. The maximum absolute atomic E-state index is 13.1. The zero-order valence-corrected chi connectivity index (χ0v) is 11.8. The van der Waals surface area contributed by atoms with E-state index in [-0.39, 0.29) is 17.7 Å². The number of ether oxygens (including phenoxy) is 1. The zero-order valence-electron chi connectivity index (χ0n) is 11.8. The number of halogens is 1. The minimum Gasteiger partial charge on any atom is -0.396 e. The number of nitrogens with zero attached hydrogens (tertiary/aromatic N) is 1. The minimum atomic E-state index is -0.512. The predicted molar refractivity (Wildman–Crippen MR) is 77.5 cm³/mol. The second-order valence-corrected chi connectivity index (χ2v) is 5.69. The summed E-state index contributed by atoms with van der Waals surface area (Å²) in [6.45, 7) is 3.17. The highest BCUT2D eigenvalue weighted by atomic mass is 19.1. The van der Waals surface area contributed by atoms with Gasteiger partial charge in [0.15, 0.2) is 0 Å². The van der Waals surface area contributed by atoms with E-state index in [0.29, 0.717) is 18.2 Å². The number of amides is 1. The highest BCUT2D eigenvalue weighted by molar-refractivity contribution is 5.95. The van der Waals surface area contributed by atoms with Gasteiger partial charge in [0.1, 0.15) is 5.82 Å². The Labute approximate surface area is 123 Å². The molecule has 0 spiro atoms. The van der Waals surface area contributed by atoms with E-state index in [0.717, 1.165) is 19.7 Å². The number of hydrogen-bond donors (Lipinski definition) is 2. The van der Waals surface area contributed by atoms with Crippen LogP contribution < -0.4 is 11.1 Å². The van der Waals surface area contributed by atoms with E-state index in [1.54, 1.807) is 0 Å². The summed E-state index contributed by atoms with van der Waals surface area (Å²) in [7, 11) is 0. The largest absolute Gasteiger partial charge is 0.396 e. The van der Waals surface area contributed by atoms with Crippen molar-refractivity contribution >= 4 is 11.6 Å². The molecule has 2 saturated heterocycles. The Morgan fingerprint density at radius 1 is 1.52 bits per heavy atom. The van der Waals surface area contributed by atoms with Crippen LogP contribution in [0.3, 0.4) is 0 Å². The zero-order chi connectivity index (χ0) is 14.8. The van der Waals surface area contributed by atoms with Gasteiger partial charge < -0.3 is 15.8 Å². The Hall–Kier alpha value is -1.66. The van der Waals surface area contributed by atoms with Crippen LogP contribution in [0.25, 0.3) is 0 Å². The molecule has 3 N–H and O–H groups in total. The molecule has 2 heterocycles. The molecule has 5 nitrogen and oxygen atoms in total. The molecule has 2 fully saturated rings. The Bertz CT molecular complexity index is 538. The number of nitrogens with two attached hydrogens (primary N) is 1. The first kappa shape index (κ1) is 14.3. The number of morpholine rings is 1. The van der Waals surface area contributed by atoms with Crippen LogP contribution in [0.15, 0.2) is 18.2 Å². The van der Waals surface area contributed by atoms with Crippen molar-refractivity contribution in [2.45, 2.75) is 25.0 Å². The lowest BCUT2D eigenvalue weighted by Crippen LogP contribution is -2.50. The summed E-state index contributed by atoms with van der Waals surface area (Å²) >= 11 is 0. The van der Waals surface area contributed by atoms with Gasteiger partial charge in [-0.05, 0) is 37.6 Å². The van der Waals surface area contributed by atoms with E-state index in [1.165, 1.54) is 31.0 Å². The fourth-order valence-electron chi connectivity index (χ4n) is 3.00. The average Bonchev–Trinajstić information content (AvgIpc) is 2.95. The lowest BCUT2D eigenvalue weighted by Gasteiger charge is -2.35. The monoisotopic (exact) mass is 293 g/mol. The molecular weight excluding hydrogens is 273 g/mol. The third-order valence-corrected chi connectivity index (χ3v) is 4.21. The van der Waals surface area contributed by atoms with E-state index < -0.39 is 5.82 Å². The Kier molecular flexibility index (Phi) is 4.07. The summed E-state index contributed by atoms with van der Waals surface area (Å²) in [5.74, 6) is -0.768. The quantitative estimate of drug-likeness (QED) is 0.816. The van der Waals surface area contributed by atoms with Crippen LogP contribution in [0.5, 0.6) is 0 Å². The van der Waals surface area contributed by atoms with Gasteiger partial charge in [-0.2, -0.15) is 0 Å². The first-order valence-electron chi connectivity index (χ1n) is 7.32. The molecule has 2 unspecified atom stereocenters. The van der Waals surface area contributed by atoms with Gasteiger partial charge in [0.05, 0.1) is 18.4 Å². The second kappa shape index (κ2) is 5.99. The van der Waals surface area contributed by atoms with E-state index in [2.05, 4.69) is 10.2 Å². The third-order valence-electron chi connectivity index (χ3n) is 4.21. The number of fused-ring (bicyclic) bond motifs is 1. The van der Waals surface area contributed by atoms with Crippen molar-refractivity contribution in [2.75, 3.05) is 32.0 Å². The van der Waals surface area contributed by atoms with Gasteiger partial charge in [-0.3, -0.25) is 9.69 Å². The minimum absolute atomic E-state index is 0.0149. The first-order valence-corrected chi connectivity index (χ1v) is 7.32. The molecule has 1 aromatic carbocycles. The van der Waals surface area contributed by atoms with E-state index in [9.17, 15) is 9.18 Å². The normalized spacial score (nSPS) is 25.6. The number of nitrogen functional groups attached to an aromatic ring is 1. The molecule has 2 aliphatic heterocycles. The molecule has 0 aliphatic carbocycles. The second-order valence-electron chi connectivity index (χ2n) is 5.69. The summed E-state index contributed by atoms with van der Waals surface area (Å²) in [5.41, 5.74) is 5.82. The molecule has 1 aromatic rings. The number of carbonyl (C=O) groups excluding carboxylic acids is 1. The molecule has 114 valence electrons. The van der Waals surface area contributed by atoms with Crippen molar-refractivity contribution in [1.29, 1.82) is 0 Å². The van der Waals surface area contributed by atoms with Crippen molar-refractivity contribution in [1.82, 2.24) is 10.2 Å². The third kappa shape index (κ3) is 3.16. The van der Waals surface area contributed by atoms with Crippen molar-refractivity contribution in [3.63, 3.8) is 0 Å². The van der Waals surface area contributed by atoms with Crippen LogP contribution >= 0.6 is 0 Å².